The van der Waals surface area contributed by atoms with Crippen molar-refractivity contribution < 1.29 is 22.7 Å². The van der Waals surface area contributed by atoms with Gasteiger partial charge in [0.2, 0.25) is 5.43 Å². The number of hydrogen-bond acceptors (Lipinski definition) is 4. The summed E-state index contributed by atoms with van der Waals surface area (Å²) >= 11 is 5.88. The summed E-state index contributed by atoms with van der Waals surface area (Å²) in [5, 5.41) is 7.00. The zero-order valence-electron chi connectivity index (χ0n) is 15.5. The molecule has 0 saturated heterocycles. The minimum Gasteiger partial charge on any atom is -0.482 e. The van der Waals surface area contributed by atoms with Crippen molar-refractivity contribution in [2.24, 2.45) is 0 Å². The van der Waals surface area contributed by atoms with E-state index in [0.717, 1.165) is 0 Å². The van der Waals surface area contributed by atoms with Crippen LogP contribution in [0.1, 0.15) is 16.2 Å². The number of para-hydroxylation sites is 2. The molecule has 0 saturated carbocycles. The number of carbonyl (C=O) groups excluding carboxylic acids is 1. The van der Waals surface area contributed by atoms with Gasteiger partial charge < -0.3 is 10.1 Å². The van der Waals surface area contributed by atoms with Gasteiger partial charge in [0, 0.05) is 16.8 Å². The van der Waals surface area contributed by atoms with E-state index in [-0.39, 0.29) is 11.4 Å². The summed E-state index contributed by atoms with van der Waals surface area (Å²) in [6.07, 6.45) is -4.54. The van der Waals surface area contributed by atoms with Crippen LogP contribution in [-0.4, -0.2) is 28.5 Å². The maximum absolute atomic E-state index is 12.7. The number of anilines is 1. The normalized spacial score (nSPS) is 11.2. The Kier molecular flexibility index (Phi) is 6.12. The smallest absolute Gasteiger partial charge is 0.422 e. The van der Waals surface area contributed by atoms with Crippen LogP contribution in [0.25, 0.3) is 5.69 Å². The van der Waals surface area contributed by atoms with Gasteiger partial charge in [0.15, 0.2) is 12.3 Å². The summed E-state index contributed by atoms with van der Waals surface area (Å²) in [4.78, 5) is 25.0. The number of carbonyl (C=O) groups is 1. The Hall–Kier alpha value is -3.33. The van der Waals surface area contributed by atoms with Crippen molar-refractivity contribution in [2.45, 2.75) is 13.1 Å². The molecule has 0 radical (unpaired) electrons. The zero-order chi connectivity index (χ0) is 21.9. The maximum atomic E-state index is 12.7. The number of aryl methyl sites for hydroxylation is 1. The molecule has 0 aliphatic carbocycles. The van der Waals surface area contributed by atoms with Crippen LogP contribution in [0.4, 0.5) is 18.9 Å². The molecule has 156 valence electrons. The van der Waals surface area contributed by atoms with E-state index in [4.69, 9.17) is 16.3 Å². The molecule has 0 aliphatic rings. The van der Waals surface area contributed by atoms with E-state index >= 15 is 0 Å². The lowest BCUT2D eigenvalue weighted by atomic mass is 10.2. The van der Waals surface area contributed by atoms with Crippen LogP contribution in [0.3, 0.4) is 0 Å². The minimum atomic E-state index is -4.54. The van der Waals surface area contributed by atoms with E-state index in [1.54, 1.807) is 31.2 Å². The van der Waals surface area contributed by atoms with Crippen molar-refractivity contribution in [1.29, 1.82) is 0 Å². The number of amides is 1. The van der Waals surface area contributed by atoms with Crippen molar-refractivity contribution in [1.82, 2.24) is 9.78 Å². The predicted octanol–water partition coefficient (Wildman–Crippen LogP) is 4.39. The number of nitrogens with one attached hydrogen (secondary N) is 1. The van der Waals surface area contributed by atoms with Crippen LogP contribution in [-0.2, 0) is 0 Å². The average molecular weight is 438 g/mol. The average Bonchev–Trinajstić information content (AvgIpc) is 2.67. The van der Waals surface area contributed by atoms with Crippen molar-refractivity contribution >= 4 is 23.2 Å². The Morgan fingerprint density at radius 1 is 1.17 bits per heavy atom. The van der Waals surface area contributed by atoms with Crippen LogP contribution in [0.15, 0.2) is 59.4 Å². The van der Waals surface area contributed by atoms with Crippen LogP contribution in [0.2, 0.25) is 5.02 Å². The summed E-state index contributed by atoms with van der Waals surface area (Å²) in [6, 6.07) is 13.4. The van der Waals surface area contributed by atoms with Crippen LogP contribution in [0, 0.1) is 6.92 Å². The molecule has 1 heterocycles. The summed E-state index contributed by atoms with van der Waals surface area (Å²) < 4.78 is 43.5. The lowest BCUT2D eigenvalue weighted by molar-refractivity contribution is -0.153. The Labute approximate surface area is 173 Å². The number of halogens is 4. The molecule has 0 unspecified atom stereocenters. The van der Waals surface area contributed by atoms with E-state index in [9.17, 15) is 22.8 Å². The van der Waals surface area contributed by atoms with Crippen LogP contribution >= 0.6 is 11.6 Å². The van der Waals surface area contributed by atoms with Gasteiger partial charge >= 0.3 is 6.18 Å². The molecule has 30 heavy (non-hydrogen) atoms. The lowest BCUT2D eigenvalue weighted by Crippen LogP contribution is -2.27. The second-order valence-electron chi connectivity index (χ2n) is 6.24. The third kappa shape index (κ3) is 5.18. The number of benzene rings is 2. The zero-order valence-corrected chi connectivity index (χ0v) is 16.3. The highest BCUT2D eigenvalue weighted by molar-refractivity contribution is 6.30. The first-order chi connectivity index (χ1) is 14.1. The molecule has 2 aromatic carbocycles. The number of rotatable bonds is 5. The Balaban J connectivity index is 1.90. The summed E-state index contributed by atoms with van der Waals surface area (Å²) in [6.45, 7) is 0.122. The second kappa shape index (κ2) is 8.58. The van der Waals surface area contributed by atoms with Gasteiger partial charge in [0.25, 0.3) is 5.91 Å². The van der Waals surface area contributed by atoms with Gasteiger partial charge in [-0.1, -0.05) is 23.7 Å². The minimum absolute atomic E-state index is 0.0217. The fourth-order valence-corrected chi connectivity index (χ4v) is 2.71. The monoisotopic (exact) mass is 437 g/mol. The molecule has 0 spiro atoms. The highest BCUT2D eigenvalue weighted by Crippen LogP contribution is 2.26. The third-order valence-corrected chi connectivity index (χ3v) is 4.17. The first-order valence-electron chi connectivity index (χ1n) is 8.61. The standard InChI is InChI=1S/C20H15ClF3N3O3/c1-12-10-16(28)18(26-27(12)14-8-6-13(21)7-9-14)19(29)25-15-4-2-3-5-17(15)30-11-20(22,23)24/h2-10H,11H2,1H3,(H,25,29). The molecule has 6 nitrogen and oxygen atoms in total. The SMILES string of the molecule is Cc1cc(=O)c(C(=O)Nc2ccccc2OCC(F)(F)F)nn1-c1ccc(Cl)cc1. The van der Waals surface area contributed by atoms with Gasteiger partial charge in [-0.3, -0.25) is 9.59 Å². The molecule has 1 N–H and O–H groups in total. The topological polar surface area (TPSA) is 73.2 Å². The largest absolute Gasteiger partial charge is 0.482 e. The predicted molar refractivity (Wildman–Crippen MR) is 106 cm³/mol. The Bertz CT molecular complexity index is 1130. The van der Waals surface area contributed by atoms with Crippen LogP contribution in [0.5, 0.6) is 5.75 Å². The van der Waals surface area contributed by atoms with Crippen molar-refractivity contribution in [2.75, 3.05) is 11.9 Å². The number of ether oxygens (including phenoxy) is 1. The molecule has 3 aromatic rings. The van der Waals surface area contributed by atoms with E-state index in [1.165, 1.54) is 35.0 Å². The van der Waals surface area contributed by atoms with Gasteiger partial charge in [-0.2, -0.15) is 18.3 Å². The number of aromatic nitrogens is 2. The van der Waals surface area contributed by atoms with Crippen molar-refractivity contribution in [3.63, 3.8) is 0 Å². The first kappa shape index (κ1) is 21.4. The molecule has 0 aliphatic heterocycles. The first-order valence-corrected chi connectivity index (χ1v) is 8.99. The molecular weight excluding hydrogens is 423 g/mol. The highest BCUT2D eigenvalue weighted by Gasteiger charge is 2.29. The Morgan fingerprint density at radius 3 is 2.50 bits per heavy atom. The number of alkyl halides is 3. The molecule has 1 amide bonds. The quantitative estimate of drug-likeness (QED) is 0.642. The lowest BCUT2D eigenvalue weighted by Gasteiger charge is -2.14. The van der Waals surface area contributed by atoms with Crippen molar-refractivity contribution in [3.8, 4) is 11.4 Å². The Morgan fingerprint density at radius 2 is 1.83 bits per heavy atom. The highest BCUT2D eigenvalue weighted by atomic mass is 35.5. The molecule has 0 bridgehead atoms. The van der Waals surface area contributed by atoms with Gasteiger partial charge in [-0.05, 0) is 43.3 Å². The van der Waals surface area contributed by atoms with Gasteiger partial charge in [0.1, 0.15) is 5.75 Å². The van der Waals surface area contributed by atoms with E-state index in [1.807, 2.05) is 0 Å². The summed E-state index contributed by atoms with van der Waals surface area (Å²) in [5.41, 5.74) is -0.0377. The van der Waals surface area contributed by atoms with Gasteiger partial charge in [-0.25, -0.2) is 4.68 Å². The third-order valence-electron chi connectivity index (χ3n) is 3.92. The fourth-order valence-electron chi connectivity index (χ4n) is 2.59. The number of nitrogens with zero attached hydrogens (tertiary/aromatic N) is 2. The molecule has 0 fully saturated rings. The van der Waals surface area contributed by atoms with Gasteiger partial charge in [-0.15, -0.1) is 0 Å². The molecule has 3 rings (SSSR count). The summed E-state index contributed by atoms with van der Waals surface area (Å²) in [5.74, 6) is -1.07. The van der Waals surface area contributed by atoms with Crippen LogP contribution < -0.4 is 15.5 Å². The fraction of sp³-hybridized carbons (Fsp3) is 0.150. The van der Waals surface area contributed by atoms with E-state index in [0.29, 0.717) is 16.4 Å². The second-order valence-corrected chi connectivity index (χ2v) is 6.68. The molecule has 10 heteroatoms. The van der Waals surface area contributed by atoms with Crippen molar-refractivity contribution in [3.05, 3.63) is 81.2 Å². The molecule has 1 aromatic heterocycles. The number of hydrogen-bond donors (Lipinski definition) is 1. The van der Waals surface area contributed by atoms with Gasteiger partial charge in [0.05, 0.1) is 11.4 Å². The van der Waals surface area contributed by atoms with E-state index in [2.05, 4.69) is 10.4 Å². The maximum Gasteiger partial charge on any atom is 0.422 e. The summed E-state index contributed by atoms with van der Waals surface area (Å²) in [7, 11) is 0. The molecule has 0 atom stereocenters. The van der Waals surface area contributed by atoms with E-state index < -0.39 is 29.8 Å². The molecular formula is C20H15ClF3N3O3.